The molecule has 0 spiro atoms. The standard InChI is InChI=1S/C14H19N3O4S2/c1-9(2)7-13-15-16-14(22-13)17-23(18,19)10-5-6-11(20-3)12(8-10)21-4/h5-6,8-9H,7H2,1-4H3,(H,16,17). The molecule has 0 radical (unpaired) electrons. The normalized spacial score (nSPS) is 11.5. The van der Waals surface area contributed by atoms with E-state index in [4.69, 9.17) is 9.47 Å². The van der Waals surface area contributed by atoms with E-state index in [2.05, 4.69) is 28.8 Å². The van der Waals surface area contributed by atoms with Crippen LogP contribution >= 0.6 is 11.3 Å². The fourth-order valence-electron chi connectivity index (χ4n) is 1.88. The number of nitrogens with one attached hydrogen (secondary N) is 1. The average Bonchev–Trinajstić information content (AvgIpc) is 2.91. The Kier molecular flexibility index (Phi) is 5.42. The Morgan fingerprint density at radius 1 is 1.17 bits per heavy atom. The van der Waals surface area contributed by atoms with Crippen LogP contribution < -0.4 is 14.2 Å². The van der Waals surface area contributed by atoms with Crippen LogP contribution in [0.25, 0.3) is 0 Å². The van der Waals surface area contributed by atoms with Gasteiger partial charge in [-0.25, -0.2) is 8.42 Å². The van der Waals surface area contributed by atoms with Crippen molar-refractivity contribution in [2.45, 2.75) is 25.2 Å². The summed E-state index contributed by atoms with van der Waals surface area (Å²) in [4.78, 5) is 0.0655. The Bertz CT molecular complexity index is 772. The molecule has 0 atom stereocenters. The molecule has 0 unspecified atom stereocenters. The first-order valence-electron chi connectivity index (χ1n) is 6.93. The lowest BCUT2D eigenvalue weighted by Gasteiger charge is -2.10. The molecule has 126 valence electrons. The number of hydrogen-bond acceptors (Lipinski definition) is 7. The van der Waals surface area contributed by atoms with Gasteiger partial charge in [-0.1, -0.05) is 25.2 Å². The molecule has 0 amide bonds. The Morgan fingerprint density at radius 3 is 2.48 bits per heavy atom. The maximum Gasteiger partial charge on any atom is 0.263 e. The first-order chi connectivity index (χ1) is 10.9. The molecule has 2 rings (SSSR count). The monoisotopic (exact) mass is 357 g/mol. The molecule has 0 aliphatic carbocycles. The van der Waals surface area contributed by atoms with Crippen LogP contribution in [0.4, 0.5) is 5.13 Å². The van der Waals surface area contributed by atoms with Gasteiger partial charge in [-0.15, -0.1) is 10.2 Å². The average molecular weight is 357 g/mol. The van der Waals surface area contributed by atoms with Gasteiger partial charge in [0.25, 0.3) is 10.0 Å². The van der Waals surface area contributed by atoms with Crippen molar-refractivity contribution in [3.8, 4) is 11.5 Å². The van der Waals surface area contributed by atoms with Gasteiger partial charge < -0.3 is 9.47 Å². The summed E-state index contributed by atoms with van der Waals surface area (Å²) in [5.41, 5.74) is 0. The molecule has 1 heterocycles. The van der Waals surface area contributed by atoms with Crippen LogP contribution in [-0.4, -0.2) is 32.8 Å². The number of nitrogens with zero attached hydrogens (tertiary/aromatic N) is 2. The SMILES string of the molecule is COc1ccc(S(=O)(=O)Nc2nnc(CC(C)C)s2)cc1OC. The second kappa shape index (κ2) is 7.14. The third-order valence-electron chi connectivity index (χ3n) is 2.94. The van der Waals surface area contributed by atoms with E-state index in [1.807, 2.05) is 0 Å². The molecule has 0 bridgehead atoms. The zero-order chi connectivity index (χ0) is 17.0. The quantitative estimate of drug-likeness (QED) is 0.819. The minimum absolute atomic E-state index is 0.0655. The summed E-state index contributed by atoms with van der Waals surface area (Å²) in [7, 11) is -0.827. The molecule has 0 aliphatic heterocycles. The number of benzene rings is 1. The number of aromatic nitrogens is 2. The maximum atomic E-state index is 12.4. The Labute approximate surface area is 139 Å². The summed E-state index contributed by atoms with van der Waals surface area (Å²) in [6, 6.07) is 4.38. The fraction of sp³-hybridized carbons (Fsp3) is 0.429. The third kappa shape index (κ3) is 4.32. The molecule has 0 saturated carbocycles. The second-order valence-corrected chi connectivity index (χ2v) is 7.97. The Hall–Kier alpha value is -1.87. The zero-order valence-electron chi connectivity index (χ0n) is 13.4. The molecule has 7 nitrogen and oxygen atoms in total. The van der Waals surface area contributed by atoms with Crippen LogP contribution in [0.15, 0.2) is 23.1 Å². The highest BCUT2D eigenvalue weighted by molar-refractivity contribution is 7.93. The van der Waals surface area contributed by atoms with Crippen molar-refractivity contribution in [1.29, 1.82) is 0 Å². The van der Waals surface area contributed by atoms with Gasteiger partial charge in [0.15, 0.2) is 11.5 Å². The lowest BCUT2D eigenvalue weighted by Crippen LogP contribution is -2.13. The van der Waals surface area contributed by atoms with Gasteiger partial charge in [0.05, 0.1) is 19.1 Å². The number of sulfonamides is 1. The zero-order valence-corrected chi connectivity index (χ0v) is 15.0. The molecular weight excluding hydrogens is 338 g/mol. The van der Waals surface area contributed by atoms with Crippen molar-refractivity contribution >= 4 is 26.5 Å². The molecule has 9 heteroatoms. The Morgan fingerprint density at radius 2 is 1.87 bits per heavy atom. The van der Waals surface area contributed by atoms with Crippen molar-refractivity contribution in [3.05, 3.63) is 23.2 Å². The van der Waals surface area contributed by atoms with Crippen LogP contribution in [0.5, 0.6) is 11.5 Å². The predicted octanol–water partition coefficient (Wildman–Crippen LogP) is 2.55. The van der Waals surface area contributed by atoms with Gasteiger partial charge in [0.2, 0.25) is 5.13 Å². The van der Waals surface area contributed by atoms with Crippen LogP contribution in [0.3, 0.4) is 0 Å². The van der Waals surface area contributed by atoms with Crippen LogP contribution in [0.2, 0.25) is 0 Å². The van der Waals surface area contributed by atoms with E-state index in [1.54, 1.807) is 0 Å². The molecule has 0 fully saturated rings. The summed E-state index contributed by atoms with van der Waals surface area (Å²) in [5.74, 6) is 1.23. The van der Waals surface area contributed by atoms with Crippen LogP contribution in [0.1, 0.15) is 18.9 Å². The first-order valence-corrected chi connectivity index (χ1v) is 9.23. The van der Waals surface area contributed by atoms with Gasteiger partial charge in [0, 0.05) is 12.5 Å². The molecule has 23 heavy (non-hydrogen) atoms. The number of rotatable bonds is 7. The van der Waals surface area contributed by atoms with E-state index < -0.39 is 10.0 Å². The number of methoxy groups -OCH3 is 2. The van der Waals surface area contributed by atoms with Gasteiger partial charge in [0.1, 0.15) is 5.01 Å². The summed E-state index contributed by atoms with van der Waals surface area (Å²) in [6.45, 7) is 4.13. The van der Waals surface area contributed by atoms with E-state index >= 15 is 0 Å². The Balaban J connectivity index is 2.23. The molecule has 1 aromatic heterocycles. The molecule has 2 aromatic rings. The van der Waals surface area contributed by atoms with Gasteiger partial charge in [-0.3, -0.25) is 4.72 Å². The highest BCUT2D eigenvalue weighted by atomic mass is 32.2. The van der Waals surface area contributed by atoms with Gasteiger partial charge in [-0.2, -0.15) is 0 Å². The van der Waals surface area contributed by atoms with E-state index in [9.17, 15) is 8.42 Å². The third-order valence-corrected chi connectivity index (χ3v) is 5.26. The van der Waals surface area contributed by atoms with E-state index in [-0.39, 0.29) is 10.0 Å². The number of anilines is 1. The van der Waals surface area contributed by atoms with E-state index in [0.717, 1.165) is 11.4 Å². The highest BCUT2D eigenvalue weighted by Gasteiger charge is 2.19. The van der Waals surface area contributed by atoms with Crippen molar-refractivity contribution in [2.24, 2.45) is 5.92 Å². The van der Waals surface area contributed by atoms with E-state index in [1.165, 1.54) is 43.8 Å². The molecule has 1 aromatic carbocycles. The molecular formula is C14H19N3O4S2. The van der Waals surface area contributed by atoms with Gasteiger partial charge >= 0.3 is 0 Å². The van der Waals surface area contributed by atoms with Gasteiger partial charge in [-0.05, 0) is 18.1 Å². The summed E-state index contributed by atoms with van der Waals surface area (Å²) in [5, 5.41) is 8.91. The largest absolute Gasteiger partial charge is 0.493 e. The summed E-state index contributed by atoms with van der Waals surface area (Å²) < 4.78 is 37.5. The fourth-order valence-corrected chi connectivity index (χ4v) is 4.08. The van der Waals surface area contributed by atoms with E-state index in [0.29, 0.717) is 17.4 Å². The van der Waals surface area contributed by atoms with Crippen molar-refractivity contribution in [3.63, 3.8) is 0 Å². The smallest absolute Gasteiger partial charge is 0.263 e. The minimum Gasteiger partial charge on any atom is -0.493 e. The number of ether oxygens (including phenoxy) is 2. The van der Waals surface area contributed by atoms with Crippen LogP contribution in [0, 0.1) is 5.92 Å². The lowest BCUT2D eigenvalue weighted by atomic mass is 10.1. The number of hydrogen-bond donors (Lipinski definition) is 1. The topological polar surface area (TPSA) is 90.4 Å². The van der Waals surface area contributed by atoms with Crippen molar-refractivity contribution in [1.82, 2.24) is 10.2 Å². The second-order valence-electron chi connectivity index (χ2n) is 5.22. The highest BCUT2D eigenvalue weighted by Crippen LogP contribution is 2.30. The molecule has 0 aliphatic rings. The molecule has 1 N–H and O–H groups in total. The van der Waals surface area contributed by atoms with Crippen molar-refractivity contribution < 1.29 is 17.9 Å². The summed E-state index contributed by atoms with van der Waals surface area (Å²) >= 11 is 1.23. The molecule has 0 saturated heterocycles. The predicted molar refractivity (Wildman–Crippen MR) is 88.8 cm³/mol. The summed E-state index contributed by atoms with van der Waals surface area (Å²) in [6.07, 6.45) is 0.760. The maximum absolute atomic E-state index is 12.4. The minimum atomic E-state index is -3.76. The first kappa shape index (κ1) is 17.5. The van der Waals surface area contributed by atoms with Crippen LogP contribution in [-0.2, 0) is 16.4 Å². The lowest BCUT2D eigenvalue weighted by molar-refractivity contribution is 0.354. The van der Waals surface area contributed by atoms with Crippen molar-refractivity contribution in [2.75, 3.05) is 18.9 Å².